The molecule has 9 heteroatoms. The van der Waals surface area contributed by atoms with Gasteiger partial charge in [-0.1, -0.05) is 24.3 Å². The predicted molar refractivity (Wildman–Crippen MR) is 89.8 cm³/mol. The van der Waals surface area contributed by atoms with Crippen molar-refractivity contribution < 1.29 is 22.6 Å². The van der Waals surface area contributed by atoms with Crippen LogP contribution in [0.1, 0.15) is 24.1 Å². The molecule has 4 N–H and O–H groups in total. The van der Waals surface area contributed by atoms with Gasteiger partial charge in [0, 0.05) is 13.6 Å². The molecule has 0 spiro atoms. The second-order valence-electron chi connectivity index (χ2n) is 5.67. The first-order chi connectivity index (χ1) is 11.0. The monoisotopic (exact) mass is 357 g/mol. The van der Waals surface area contributed by atoms with Crippen LogP contribution in [0.25, 0.3) is 0 Å². The molecular weight excluding hydrogens is 334 g/mol. The normalized spacial score (nSPS) is 18.6. The van der Waals surface area contributed by atoms with E-state index in [0.717, 1.165) is 17.5 Å². The van der Waals surface area contributed by atoms with Crippen LogP contribution >= 0.6 is 0 Å². The van der Waals surface area contributed by atoms with E-state index >= 15 is 0 Å². The van der Waals surface area contributed by atoms with E-state index in [9.17, 15) is 18.0 Å². The van der Waals surface area contributed by atoms with E-state index in [1.807, 2.05) is 24.3 Å². The summed E-state index contributed by atoms with van der Waals surface area (Å²) >= 11 is 0. The number of fused-ring (bicyclic) bond motifs is 1. The minimum atomic E-state index is -3.67. The summed E-state index contributed by atoms with van der Waals surface area (Å²) in [7, 11) is -1.92. The average Bonchev–Trinajstić information content (AvgIpc) is 2.58. The van der Waals surface area contributed by atoms with Crippen LogP contribution in [-0.2, 0) is 26.1 Å². The van der Waals surface area contributed by atoms with Crippen molar-refractivity contribution in [1.29, 1.82) is 0 Å². The number of carbonyl (C=O) groups excluding carboxylic acids is 2. The van der Waals surface area contributed by atoms with Crippen LogP contribution in [0.15, 0.2) is 24.3 Å². The minimum absolute atomic E-state index is 0.0982. The number of hydrogen-bond donors (Lipinski definition) is 3. The summed E-state index contributed by atoms with van der Waals surface area (Å²) in [6.45, 7) is 2.26. The Kier molecular flexibility index (Phi) is 6.88. The second-order valence-corrected chi connectivity index (χ2v) is 7.14. The SMILES string of the molecule is CS(=O)(=O)O.C[C@H](N)C(=O)N[C@@H]1C(=O)N(C)CCc2ccccc21. The molecule has 24 heavy (non-hydrogen) atoms. The van der Waals surface area contributed by atoms with Crippen molar-refractivity contribution in [2.75, 3.05) is 19.8 Å². The maximum absolute atomic E-state index is 12.3. The molecule has 8 nitrogen and oxygen atoms in total. The van der Waals surface area contributed by atoms with Gasteiger partial charge in [-0.25, -0.2) is 0 Å². The third-order valence-electron chi connectivity index (χ3n) is 3.41. The zero-order valence-corrected chi connectivity index (χ0v) is 14.7. The molecule has 0 radical (unpaired) electrons. The second kappa shape index (κ2) is 8.22. The summed E-state index contributed by atoms with van der Waals surface area (Å²) in [5.41, 5.74) is 7.51. The van der Waals surface area contributed by atoms with E-state index in [4.69, 9.17) is 10.3 Å². The number of amides is 2. The van der Waals surface area contributed by atoms with E-state index in [1.165, 1.54) is 0 Å². The van der Waals surface area contributed by atoms with Crippen LogP contribution in [0.3, 0.4) is 0 Å². The van der Waals surface area contributed by atoms with Crippen LogP contribution in [0.2, 0.25) is 0 Å². The zero-order valence-electron chi connectivity index (χ0n) is 13.9. The van der Waals surface area contributed by atoms with E-state index in [2.05, 4.69) is 5.32 Å². The first-order valence-corrected chi connectivity index (χ1v) is 9.16. The average molecular weight is 357 g/mol. The highest BCUT2D eigenvalue weighted by atomic mass is 32.2. The molecule has 1 aliphatic heterocycles. The van der Waals surface area contributed by atoms with Gasteiger partial charge in [-0.05, 0) is 24.5 Å². The Hall–Kier alpha value is -1.97. The van der Waals surface area contributed by atoms with Gasteiger partial charge in [0.25, 0.3) is 10.1 Å². The molecule has 1 aromatic carbocycles. The number of rotatable bonds is 2. The summed E-state index contributed by atoms with van der Waals surface area (Å²) in [5.74, 6) is -0.414. The van der Waals surface area contributed by atoms with Gasteiger partial charge in [-0.15, -0.1) is 0 Å². The molecule has 2 rings (SSSR count). The predicted octanol–water partition coefficient (Wildman–Crippen LogP) is -0.290. The topological polar surface area (TPSA) is 130 Å². The number of likely N-dealkylation sites (N-methyl/N-ethyl adjacent to an activating group) is 1. The van der Waals surface area contributed by atoms with Gasteiger partial charge in [0.1, 0.15) is 6.04 Å². The van der Waals surface area contributed by atoms with Crippen LogP contribution in [0, 0.1) is 0 Å². The van der Waals surface area contributed by atoms with Crippen LogP contribution in [0.5, 0.6) is 0 Å². The smallest absolute Gasteiger partial charge is 0.261 e. The molecule has 0 saturated heterocycles. The Balaban J connectivity index is 0.000000505. The highest BCUT2D eigenvalue weighted by Crippen LogP contribution is 2.24. The van der Waals surface area contributed by atoms with E-state index in [-0.39, 0.29) is 11.8 Å². The Labute approximate surface area is 141 Å². The summed E-state index contributed by atoms with van der Waals surface area (Å²) in [5, 5.41) is 2.74. The fourth-order valence-electron chi connectivity index (χ4n) is 2.21. The molecule has 0 unspecified atom stereocenters. The van der Waals surface area contributed by atoms with E-state index < -0.39 is 22.2 Å². The number of nitrogens with zero attached hydrogens (tertiary/aromatic N) is 1. The van der Waals surface area contributed by atoms with Gasteiger partial charge in [0.05, 0.1) is 12.3 Å². The highest BCUT2D eigenvalue weighted by Gasteiger charge is 2.30. The third-order valence-corrected chi connectivity index (χ3v) is 3.41. The van der Waals surface area contributed by atoms with Crippen LogP contribution in [-0.4, -0.2) is 55.6 Å². The van der Waals surface area contributed by atoms with Crippen molar-refractivity contribution >= 4 is 21.9 Å². The van der Waals surface area contributed by atoms with Gasteiger partial charge >= 0.3 is 0 Å². The molecule has 2 atom stereocenters. The standard InChI is InChI=1S/C14H19N3O2.CH4O3S/c1-9(15)13(18)16-12-11-6-4-3-5-10(11)7-8-17(2)14(12)19;1-5(2,3)4/h3-6,9,12H,7-8,15H2,1-2H3,(H,16,18);1H3,(H,2,3,4)/t9-,12-;/m0./s1. The third kappa shape index (κ3) is 6.26. The lowest BCUT2D eigenvalue weighted by Crippen LogP contribution is -2.45. The van der Waals surface area contributed by atoms with Gasteiger partial charge in [0.2, 0.25) is 11.8 Å². The van der Waals surface area contributed by atoms with E-state index in [1.54, 1.807) is 18.9 Å². The molecule has 0 fully saturated rings. The Morgan fingerprint density at radius 3 is 2.50 bits per heavy atom. The molecule has 2 amide bonds. The van der Waals surface area contributed by atoms with Gasteiger partial charge in [0.15, 0.2) is 0 Å². The number of benzene rings is 1. The van der Waals surface area contributed by atoms with Crippen molar-refractivity contribution in [3.8, 4) is 0 Å². The molecule has 0 aliphatic carbocycles. The molecule has 1 aromatic rings. The summed E-state index contributed by atoms with van der Waals surface area (Å²) in [6.07, 6.45) is 1.51. The summed E-state index contributed by atoms with van der Waals surface area (Å²) in [4.78, 5) is 25.8. The first kappa shape index (κ1) is 20.1. The zero-order chi connectivity index (χ0) is 18.5. The minimum Gasteiger partial charge on any atom is -0.343 e. The van der Waals surface area contributed by atoms with Crippen molar-refractivity contribution in [3.63, 3.8) is 0 Å². The van der Waals surface area contributed by atoms with Gasteiger partial charge in [-0.3, -0.25) is 14.1 Å². The summed E-state index contributed by atoms with van der Waals surface area (Å²) in [6, 6.07) is 6.43. The number of nitrogens with one attached hydrogen (secondary N) is 1. The molecular formula is C15H23N3O5S. The molecule has 1 heterocycles. The van der Waals surface area contributed by atoms with Crippen LogP contribution in [0.4, 0.5) is 0 Å². The number of nitrogens with two attached hydrogens (primary N) is 1. The molecule has 134 valence electrons. The molecule has 0 aromatic heterocycles. The molecule has 0 bridgehead atoms. The maximum atomic E-state index is 12.3. The van der Waals surface area contributed by atoms with Gasteiger partial charge < -0.3 is 16.0 Å². The van der Waals surface area contributed by atoms with Crippen LogP contribution < -0.4 is 11.1 Å². The molecule has 1 aliphatic rings. The number of carbonyl (C=O) groups is 2. The largest absolute Gasteiger partial charge is 0.343 e. The quantitative estimate of drug-likeness (QED) is 0.624. The fraction of sp³-hybridized carbons (Fsp3) is 0.467. The Morgan fingerprint density at radius 1 is 1.42 bits per heavy atom. The summed E-state index contributed by atoms with van der Waals surface area (Å²) < 4.78 is 25.9. The maximum Gasteiger partial charge on any atom is 0.261 e. The van der Waals surface area contributed by atoms with Crippen molar-refractivity contribution in [3.05, 3.63) is 35.4 Å². The molecule has 0 saturated carbocycles. The van der Waals surface area contributed by atoms with Gasteiger partial charge in [-0.2, -0.15) is 8.42 Å². The lowest BCUT2D eigenvalue weighted by atomic mass is 9.99. The van der Waals surface area contributed by atoms with E-state index in [0.29, 0.717) is 12.8 Å². The number of hydrogen-bond acceptors (Lipinski definition) is 5. The highest BCUT2D eigenvalue weighted by molar-refractivity contribution is 7.85. The lowest BCUT2D eigenvalue weighted by Gasteiger charge is -2.22. The fourth-order valence-corrected chi connectivity index (χ4v) is 2.21. The lowest BCUT2D eigenvalue weighted by molar-refractivity contribution is -0.135. The Bertz CT molecular complexity index is 695. The van der Waals surface area contributed by atoms with Crippen molar-refractivity contribution in [2.45, 2.75) is 25.4 Å². The first-order valence-electron chi connectivity index (χ1n) is 7.32. The Morgan fingerprint density at radius 2 is 1.96 bits per heavy atom. The van der Waals surface area contributed by atoms with Crippen molar-refractivity contribution in [1.82, 2.24) is 10.2 Å². The van der Waals surface area contributed by atoms with Crippen molar-refractivity contribution in [2.24, 2.45) is 5.73 Å².